The quantitative estimate of drug-likeness (QED) is 0.109. The molecule has 134 valence electrons. The molecular formula is C18H25IO5. The molecule has 0 spiro atoms. The molecule has 1 aromatic carbocycles. The second-order valence-electron chi connectivity index (χ2n) is 5.16. The van der Waals surface area contributed by atoms with E-state index >= 15 is 0 Å². The van der Waals surface area contributed by atoms with Crippen LogP contribution in [0, 0.1) is 0 Å². The smallest absolute Gasteiger partial charge is 0.379 e. The van der Waals surface area contributed by atoms with Gasteiger partial charge in [-0.05, 0) is 17.3 Å². The fourth-order valence-corrected chi connectivity index (χ4v) is 2.48. The van der Waals surface area contributed by atoms with Gasteiger partial charge in [-0.2, -0.15) is 0 Å². The maximum Gasteiger partial charge on any atom is 0.379 e. The lowest BCUT2D eigenvalue weighted by molar-refractivity contribution is -0.139. The van der Waals surface area contributed by atoms with Gasteiger partial charge >= 0.3 is 5.97 Å². The van der Waals surface area contributed by atoms with Crippen LogP contribution in [0.3, 0.4) is 0 Å². The monoisotopic (exact) mass is 448 g/mol. The number of unbranched alkanes of at least 4 members (excludes halogenated alkanes) is 3. The Morgan fingerprint density at radius 2 is 1.42 bits per heavy atom. The van der Waals surface area contributed by atoms with Crippen LogP contribution in [0.5, 0.6) is 0 Å². The molecule has 0 amide bonds. The number of alkyl halides is 1. The number of ketones is 1. The molecule has 6 heteroatoms. The molecule has 0 aliphatic carbocycles. The number of Topliss-reactive ketones (excluding diaryl/α,β-unsaturated/α-hetero) is 1. The number of hydrogen-bond donors (Lipinski definition) is 0. The SMILES string of the molecule is O=C(OCCOCCOCCCCCCI)C(=O)c1ccccc1. The summed E-state index contributed by atoms with van der Waals surface area (Å²) in [4.78, 5) is 23.3. The van der Waals surface area contributed by atoms with Crippen LogP contribution in [0.4, 0.5) is 0 Å². The third kappa shape index (κ3) is 10.00. The van der Waals surface area contributed by atoms with E-state index in [1.165, 1.54) is 23.7 Å². The summed E-state index contributed by atoms with van der Waals surface area (Å²) in [5.74, 6) is -1.49. The number of rotatable bonds is 14. The Morgan fingerprint density at radius 1 is 0.792 bits per heavy atom. The fourth-order valence-electron chi connectivity index (χ4n) is 1.94. The predicted octanol–water partition coefficient (Wildman–Crippen LogP) is 3.44. The molecule has 0 N–H and O–H groups in total. The van der Waals surface area contributed by atoms with Gasteiger partial charge in [0.1, 0.15) is 6.61 Å². The Morgan fingerprint density at radius 3 is 2.12 bits per heavy atom. The number of carbonyl (C=O) groups is 2. The number of halogens is 1. The minimum atomic E-state index is -0.854. The lowest BCUT2D eigenvalue weighted by Gasteiger charge is -2.07. The molecule has 1 aromatic rings. The Bertz CT molecular complexity index is 464. The van der Waals surface area contributed by atoms with Crippen LogP contribution < -0.4 is 0 Å². The summed E-state index contributed by atoms with van der Waals surface area (Å²) in [5, 5.41) is 0. The number of benzene rings is 1. The zero-order valence-corrected chi connectivity index (χ0v) is 16.0. The molecule has 1 rings (SSSR count). The van der Waals surface area contributed by atoms with Gasteiger partial charge in [0.15, 0.2) is 0 Å². The second-order valence-corrected chi connectivity index (χ2v) is 6.24. The molecule has 0 saturated heterocycles. The third-order valence-corrected chi connectivity index (χ3v) is 3.99. The van der Waals surface area contributed by atoms with Gasteiger partial charge in [0.25, 0.3) is 5.78 Å². The molecule has 24 heavy (non-hydrogen) atoms. The highest BCUT2D eigenvalue weighted by Gasteiger charge is 2.16. The van der Waals surface area contributed by atoms with Crippen LogP contribution in [-0.4, -0.2) is 49.2 Å². The van der Waals surface area contributed by atoms with Gasteiger partial charge in [0.2, 0.25) is 0 Å². The first-order valence-electron chi connectivity index (χ1n) is 8.23. The molecule has 0 saturated carbocycles. The molecule has 0 unspecified atom stereocenters. The molecule has 0 fully saturated rings. The first-order valence-corrected chi connectivity index (χ1v) is 9.76. The van der Waals surface area contributed by atoms with Crippen molar-refractivity contribution in [2.24, 2.45) is 0 Å². The van der Waals surface area contributed by atoms with E-state index in [1.54, 1.807) is 30.3 Å². The minimum Gasteiger partial charge on any atom is -0.457 e. The van der Waals surface area contributed by atoms with Crippen molar-refractivity contribution in [1.82, 2.24) is 0 Å². The third-order valence-electron chi connectivity index (χ3n) is 3.23. The molecule has 0 aliphatic heterocycles. The van der Waals surface area contributed by atoms with Gasteiger partial charge < -0.3 is 14.2 Å². The zero-order valence-electron chi connectivity index (χ0n) is 13.9. The van der Waals surface area contributed by atoms with Crippen LogP contribution in [0.2, 0.25) is 0 Å². The lowest BCUT2D eigenvalue weighted by atomic mass is 10.1. The second kappa shape index (κ2) is 14.4. The van der Waals surface area contributed by atoms with E-state index in [4.69, 9.17) is 14.2 Å². The molecule has 0 aliphatic rings. The Kier molecular flexibility index (Phi) is 12.6. The van der Waals surface area contributed by atoms with Crippen molar-refractivity contribution in [2.75, 3.05) is 37.5 Å². The summed E-state index contributed by atoms with van der Waals surface area (Å²) in [7, 11) is 0. The molecule has 0 radical (unpaired) electrons. The molecule has 5 nitrogen and oxygen atoms in total. The van der Waals surface area contributed by atoms with E-state index < -0.39 is 11.8 Å². The highest BCUT2D eigenvalue weighted by atomic mass is 127. The van der Waals surface area contributed by atoms with Crippen LogP contribution in [0.1, 0.15) is 36.0 Å². The van der Waals surface area contributed by atoms with Crippen molar-refractivity contribution in [3.8, 4) is 0 Å². The van der Waals surface area contributed by atoms with Crippen molar-refractivity contribution in [3.63, 3.8) is 0 Å². The van der Waals surface area contributed by atoms with Gasteiger partial charge in [-0.25, -0.2) is 4.79 Å². The van der Waals surface area contributed by atoms with E-state index in [0.717, 1.165) is 13.0 Å². The summed E-state index contributed by atoms with van der Waals surface area (Å²) in [6, 6.07) is 8.35. The Hall–Kier alpha value is -0.990. The normalized spacial score (nSPS) is 10.5. The van der Waals surface area contributed by atoms with Crippen molar-refractivity contribution < 1.29 is 23.8 Å². The number of esters is 1. The summed E-state index contributed by atoms with van der Waals surface area (Å²) < 4.78 is 16.9. The van der Waals surface area contributed by atoms with Crippen LogP contribution >= 0.6 is 22.6 Å². The van der Waals surface area contributed by atoms with Crippen molar-refractivity contribution >= 4 is 34.3 Å². The van der Waals surface area contributed by atoms with Crippen LogP contribution in [-0.2, 0) is 19.0 Å². The molecule has 0 heterocycles. The highest BCUT2D eigenvalue weighted by molar-refractivity contribution is 14.1. The lowest BCUT2D eigenvalue weighted by Crippen LogP contribution is -2.20. The minimum absolute atomic E-state index is 0.0632. The molecule has 0 bridgehead atoms. The fraction of sp³-hybridized carbons (Fsp3) is 0.556. The van der Waals surface area contributed by atoms with Crippen LogP contribution in [0.15, 0.2) is 30.3 Å². The van der Waals surface area contributed by atoms with Crippen molar-refractivity contribution in [3.05, 3.63) is 35.9 Å². The largest absolute Gasteiger partial charge is 0.457 e. The molecule has 0 aromatic heterocycles. The highest BCUT2D eigenvalue weighted by Crippen LogP contribution is 2.02. The van der Waals surface area contributed by atoms with E-state index in [-0.39, 0.29) is 13.2 Å². The first kappa shape index (κ1) is 21.1. The van der Waals surface area contributed by atoms with Gasteiger partial charge in [-0.15, -0.1) is 0 Å². The zero-order chi connectivity index (χ0) is 17.5. The van der Waals surface area contributed by atoms with Crippen molar-refractivity contribution in [1.29, 1.82) is 0 Å². The van der Waals surface area contributed by atoms with Gasteiger partial charge in [0, 0.05) is 12.2 Å². The van der Waals surface area contributed by atoms with Gasteiger partial charge in [-0.3, -0.25) is 4.79 Å². The summed E-state index contributed by atoms with van der Waals surface area (Å²) in [6.07, 6.45) is 4.82. The number of carbonyl (C=O) groups excluding carboxylic acids is 2. The topological polar surface area (TPSA) is 61.8 Å². The van der Waals surface area contributed by atoms with E-state index in [9.17, 15) is 9.59 Å². The maximum atomic E-state index is 11.7. The Balaban J connectivity index is 1.93. The van der Waals surface area contributed by atoms with Gasteiger partial charge in [-0.1, -0.05) is 65.8 Å². The first-order chi connectivity index (χ1) is 11.8. The summed E-state index contributed by atoms with van der Waals surface area (Å²) in [6.45, 7) is 2.06. The van der Waals surface area contributed by atoms with Crippen molar-refractivity contribution in [2.45, 2.75) is 25.7 Å². The number of hydrogen-bond acceptors (Lipinski definition) is 5. The van der Waals surface area contributed by atoms with E-state index in [2.05, 4.69) is 22.6 Å². The average Bonchev–Trinajstić information content (AvgIpc) is 2.62. The molecular weight excluding hydrogens is 423 g/mol. The summed E-state index contributed by atoms with van der Waals surface area (Å²) >= 11 is 2.39. The van der Waals surface area contributed by atoms with Crippen LogP contribution in [0.25, 0.3) is 0 Å². The summed E-state index contributed by atoms with van der Waals surface area (Å²) in [5.41, 5.74) is 0.329. The standard InChI is InChI=1S/C18H25IO5/c19-10-6-1-2-7-11-22-12-13-23-14-15-24-18(21)17(20)16-8-4-3-5-9-16/h3-5,8-9H,1-2,6-7,10-15H2. The van der Waals surface area contributed by atoms with E-state index in [1.807, 2.05) is 0 Å². The number of ether oxygens (including phenoxy) is 3. The average molecular weight is 448 g/mol. The predicted molar refractivity (Wildman–Crippen MR) is 101 cm³/mol. The molecule has 0 atom stereocenters. The Labute approximate surface area is 157 Å². The maximum absolute atomic E-state index is 11.7. The van der Waals surface area contributed by atoms with E-state index in [0.29, 0.717) is 18.8 Å². The van der Waals surface area contributed by atoms with Gasteiger partial charge in [0.05, 0.1) is 19.8 Å².